The standard InChI is InChI=1S/C14H9BrN2O2S/c1-8-6-20-14(17-8)10(5-16)2-9-3-12-13(4-11(9)15)19-7-18-12/h2-4,6H,7H2,1H3. The Morgan fingerprint density at radius 1 is 1.45 bits per heavy atom. The maximum atomic E-state index is 9.31. The molecule has 0 saturated heterocycles. The van der Waals surface area contributed by atoms with Crippen molar-refractivity contribution >= 4 is 38.9 Å². The highest BCUT2D eigenvalue weighted by Crippen LogP contribution is 2.38. The number of benzene rings is 1. The summed E-state index contributed by atoms with van der Waals surface area (Å²) in [6.07, 6.45) is 1.80. The van der Waals surface area contributed by atoms with Gasteiger partial charge in [0.1, 0.15) is 11.1 Å². The second-order valence-electron chi connectivity index (χ2n) is 4.19. The van der Waals surface area contributed by atoms with Crippen molar-refractivity contribution in [3.05, 3.63) is 38.3 Å². The monoisotopic (exact) mass is 348 g/mol. The molecule has 0 fully saturated rings. The van der Waals surface area contributed by atoms with Gasteiger partial charge in [-0.1, -0.05) is 15.9 Å². The van der Waals surface area contributed by atoms with E-state index in [1.54, 1.807) is 6.08 Å². The van der Waals surface area contributed by atoms with Gasteiger partial charge < -0.3 is 9.47 Å². The molecule has 20 heavy (non-hydrogen) atoms. The summed E-state index contributed by atoms with van der Waals surface area (Å²) in [6.45, 7) is 2.14. The molecule has 0 radical (unpaired) electrons. The van der Waals surface area contributed by atoms with Crippen LogP contribution in [0.15, 0.2) is 22.0 Å². The van der Waals surface area contributed by atoms with Crippen LogP contribution in [-0.4, -0.2) is 11.8 Å². The second kappa shape index (κ2) is 5.27. The van der Waals surface area contributed by atoms with Crippen molar-refractivity contribution in [2.75, 3.05) is 6.79 Å². The Morgan fingerprint density at radius 3 is 2.85 bits per heavy atom. The minimum Gasteiger partial charge on any atom is -0.454 e. The number of hydrogen-bond donors (Lipinski definition) is 0. The summed E-state index contributed by atoms with van der Waals surface area (Å²) >= 11 is 4.94. The fraction of sp³-hybridized carbons (Fsp3) is 0.143. The number of rotatable bonds is 2. The quantitative estimate of drug-likeness (QED) is 0.769. The average molecular weight is 349 g/mol. The first-order chi connectivity index (χ1) is 9.67. The van der Waals surface area contributed by atoms with E-state index < -0.39 is 0 Å². The molecule has 1 aliphatic rings. The van der Waals surface area contributed by atoms with Crippen LogP contribution < -0.4 is 9.47 Å². The molecule has 0 amide bonds. The van der Waals surface area contributed by atoms with Crippen LogP contribution in [0.1, 0.15) is 16.3 Å². The van der Waals surface area contributed by atoms with E-state index in [9.17, 15) is 5.26 Å². The summed E-state index contributed by atoms with van der Waals surface area (Å²) < 4.78 is 11.5. The van der Waals surface area contributed by atoms with E-state index >= 15 is 0 Å². The van der Waals surface area contributed by atoms with Gasteiger partial charge in [-0.15, -0.1) is 11.3 Å². The molecule has 1 aromatic carbocycles. The summed E-state index contributed by atoms with van der Waals surface area (Å²) in [5.41, 5.74) is 2.30. The summed E-state index contributed by atoms with van der Waals surface area (Å²) in [5.74, 6) is 1.39. The molecule has 0 bridgehead atoms. The minimum absolute atomic E-state index is 0.228. The van der Waals surface area contributed by atoms with Gasteiger partial charge in [-0.3, -0.25) is 0 Å². The lowest BCUT2D eigenvalue weighted by Gasteiger charge is -2.02. The number of thiazole rings is 1. The van der Waals surface area contributed by atoms with Gasteiger partial charge >= 0.3 is 0 Å². The van der Waals surface area contributed by atoms with Crippen LogP contribution in [0, 0.1) is 18.3 Å². The number of nitriles is 1. The maximum Gasteiger partial charge on any atom is 0.231 e. The van der Waals surface area contributed by atoms with Gasteiger partial charge in [0, 0.05) is 15.5 Å². The molecule has 3 rings (SSSR count). The summed E-state index contributed by atoms with van der Waals surface area (Å²) in [5, 5.41) is 12.0. The first-order valence-corrected chi connectivity index (χ1v) is 7.48. The van der Waals surface area contributed by atoms with Crippen molar-refractivity contribution in [2.45, 2.75) is 6.92 Å². The summed E-state index contributed by atoms with van der Waals surface area (Å²) in [7, 11) is 0. The van der Waals surface area contributed by atoms with Crippen LogP contribution >= 0.6 is 27.3 Å². The predicted octanol–water partition coefficient (Wildman–Crippen LogP) is 4.01. The van der Waals surface area contributed by atoms with Crippen LogP contribution in [0.2, 0.25) is 0 Å². The number of halogens is 1. The van der Waals surface area contributed by atoms with Crippen molar-refractivity contribution in [1.82, 2.24) is 4.98 Å². The molecule has 2 aromatic rings. The van der Waals surface area contributed by atoms with Crippen molar-refractivity contribution in [3.8, 4) is 17.6 Å². The molecule has 100 valence electrons. The molecule has 0 saturated carbocycles. The Kier molecular flexibility index (Phi) is 3.47. The van der Waals surface area contributed by atoms with E-state index in [2.05, 4.69) is 27.0 Å². The zero-order chi connectivity index (χ0) is 14.1. The molecule has 4 nitrogen and oxygen atoms in total. The normalized spacial score (nSPS) is 13.3. The number of aryl methyl sites for hydroxylation is 1. The minimum atomic E-state index is 0.228. The van der Waals surface area contributed by atoms with E-state index in [1.165, 1.54) is 11.3 Å². The van der Waals surface area contributed by atoms with Crippen LogP contribution in [0.5, 0.6) is 11.5 Å². The molecule has 0 spiro atoms. The highest BCUT2D eigenvalue weighted by molar-refractivity contribution is 9.10. The van der Waals surface area contributed by atoms with Gasteiger partial charge in [0.25, 0.3) is 0 Å². The topological polar surface area (TPSA) is 55.1 Å². The van der Waals surface area contributed by atoms with Gasteiger partial charge in [0.15, 0.2) is 11.5 Å². The average Bonchev–Trinajstić information content (AvgIpc) is 3.04. The zero-order valence-corrected chi connectivity index (χ0v) is 12.9. The third-order valence-corrected chi connectivity index (χ3v) is 4.44. The number of hydrogen-bond acceptors (Lipinski definition) is 5. The number of ether oxygens (including phenoxy) is 2. The number of nitrogens with zero attached hydrogens (tertiary/aromatic N) is 2. The Bertz CT molecular complexity index is 746. The van der Waals surface area contributed by atoms with Crippen LogP contribution in [-0.2, 0) is 0 Å². The highest BCUT2D eigenvalue weighted by atomic mass is 79.9. The summed E-state index contributed by atoms with van der Waals surface area (Å²) in [6, 6.07) is 5.89. The lowest BCUT2D eigenvalue weighted by Crippen LogP contribution is -1.92. The molecule has 1 aromatic heterocycles. The fourth-order valence-electron chi connectivity index (χ4n) is 1.82. The molecule has 2 heterocycles. The van der Waals surface area contributed by atoms with E-state index in [-0.39, 0.29) is 6.79 Å². The second-order valence-corrected chi connectivity index (χ2v) is 5.90. The summed E-state index contributed by atoms with van der Waals surface area (Å²) in [4.78, 5) is 4.34. The molecule has 0 atom stereocenters. The number of fused-ring (bicyclic) bond motifs is 1. The van der Waals surface area contributed by atoms with Crippen LogP contribution in [0.4, 0.5) is 0 Å². The fourth-order valence-corrected chi connectivity index (χ4v) is 3.02. The SMILES string of the molecule is Cc1csc(C(C#N)=Cc2cc3c(cc2Br)OCO3)n1. The van der Waals surface area contributed by atoms with Gasteiger partial charge in [-0.2, -0.15) is 5.26 Å². The molecule has 0 unspecified atom stereocenters. The Balaban J connectivity index is 2.04. The Labute approximate surface area is 128 Å². The molecular formula is C14H9BrN2O2S. The van der Waals surface area contributed by atoms with Crippen molar-refractivity contribution in [3.63, 3.8) is 0 Å². The van der Waals surface area contributed by atoms with E-state index in [0.29, 0.717) is 17.1 Å². The maximum absolute atomic E-state index is 9.31. The van der Waals surface area contributed by atoms with E-state index in [1.807, 2.05) is 24.4 Å². The van der Waals surface area contributed by atoms with E-state index in [4.69, 9.17) is 9.47 Å². The molecule has 0 aliphatic carbocycles. The van der Waals surface area contributed by atoms with E-state index in [0.717, 1.165) is 20.7 Å². The Morgan fingerprint density at radius 2 is 2.20 bits per heavy atom. The number of aromatic nitrogens is 1. The third kappa shape index (κ3) is 2.42. The van der Waals surface area contributed by atoms with Crippen molar-refractivity contribution < 1.29 is 9.47 Å². The van der Waals surface area contributed by atoms with Crippen molar-refractivity contribution in [2.24, 2.45) is 0 Å². The third-order valence-electron chi connectivity index (χ3n) is 2.76. The zero-order valence-electron chi connectivity index (χ0n) is 10.5. The first kappa shape index (κ1) is 13.2. The molecule has 1 aliphatic heterocycles. The van der Waals surface area contributed by atoms with Crippen LogP contribution in [0.25, 0.3) is 11.6 Å². The van der Waals surface area contributed by atoms with Gasteiger partial charge in [-0.25, -0.2) is 4.98 Å². The lowest BCUT2D eigenvalue weighted by atomic mass is 10.1. The molecule has 0 N–H and O–H groups in total. The molecule has 6 heteroatoms. The number of allylic oxidation sites excluding steroid dienone is 1. The van der Waals surface area contributed by atoms with Crippen LogP contribution in [0.3, 0.4) is 0 Å². The van der Waals surface area contributed by atoms with Gasteiger partial charge in [0.05, 0.1) is 5.57 Å². The predicted molar refractivity (Wildman–Crippen MR) is 80.6 cm³/mol. The highest BCUT2D eigenvalue weighted by Gasteiger charge is 2.16. The van der Waals surface area contributed by atoms with Crippen molar-refractivity contribution in [1.29, 1.82) is 5.26 Å². The lowest BCUT2D eigenvalue weighted by molar-refractivity contribution is 0.174. The van der Waals surface area contributed by atoms with Gasteiger partial charge in [0.2, 0.25) is 6.79 Å². The largest absolute Gasteiger partial charge is 0.454 e. The smallest absolute Gasteiger partial charge is 0.231 e. The first-order valence-electron chi connectivity index (χ1n) is 5.81. The molecular weight excluding hydrogens is 340 g/mol. The van der Waals surface area contributed by atoms with Gasteiger partial charge in [-0.05, 0) is 30.7 Å². The Hall–Kier alpha value is -1.84.